The largest absolute Gasteiger partial charge is 0.497 e. The highest BCUT2D eigenvalue weighted by Crippen LogP contribution is 2.25. The van der Waals surface area contributed by atoms with Gasteiger partial charge in [0.25, 0.3) is 5.91 Å². The molecule has 10 heteroatoms. The van der Waals surface area contributed by atoms with E-state index in [9.17, 15) is 9.59 Å². The van der Waals surface area contributed by atoms with Gasteiger partial charge >= 0.3 is 5.97 Å². The Balaban J connectivity index is 1.56. The molecule has 1 aromatic heterocycles. The van der Waals surface area contributed by atoms with Gasteiger partial charge in [0.2, 0.25) is 0 Å². The van der Waals surface area contributed by atoms with Crippen molar-refractivity contribution in [3.8, 4) is 17.1 Å². The normalized spacial score (nSPS) is 10.8. The Labute approximate surface area is 189 Å². The summed E-state index contributed by atoms with van der Waals surface area (Å²) in [6.07, 6.45) is 1.50. The smallest absolute Gasteiger partial charge is 0.337 e. The molecule has 1 amide bonds. The van der Waals surface area contributed by atoms with Gasteiger partial charge in [0.05, 0.1) is 31.8 Å². The fourth-order valence-corrected chi connectivity index (χ4v) is 3.59. The van der Waals surface area contributed by atoms with Crippen LogP contribution in [0.5, 0.6) is 5.75 Å². The van der Waals surface area contributed by atoms with E-state index in [2.05, 4.69) is 25.5 Å². The zero-order chi connectivity index (χ0) is 22.9. The second-order valence-corrected chi connectivity index (χ2v) is 7.42. The van der Waals surface area contributed by atoms with Crippen LogP contribution in [-0.2, 0) is 16.1 Å². The number of aromatic nitrogens is 3. The predicted octanol–water partition coefficient (Wildman–Crippen LogP) is 3.00. The Hall–Kier alpha value is -3.66. The highest BCUT2D eigenvalue weighted by Gasteiger charge is 2.14. The molecule has 0 atom stereocenters. The quantitative estimate of drug-likeness (QED) is 0.230. The molecule has 32 heavy (non-hydrogen) atoms. The molecule has 0 aliphatic carbocycles. The molecule has 0 radical (unpaired) electrons. The Morgan fingerprint density at radius 2 is 1.81 bits per heavy atom. The zero-order valence-electron chi connectivity index (χ0n) is 17.9. The summed E-state index contributed by atoms with van der Waals surface area (Å²) in [4.78, 5) is 23.6. The lowest BCUT2D eigenvalue weighted by molar-refractivity contribution is -0.118. The first-order valence-electron chi connectivity index (χ1n) is 9.76. The summed E-state index contributed by atoms with van der Waals surface area (Å²) in [6, 6.07) is 14.2. The molecule has 166 valence electrons. The maximum absolute atomic E-state index is 12.2. The molecule has 2 aromatic carbocycles. The van der Waals surface area contributed by atoms with Gasteiger partial charge in [0, 0.05) is 12.1 Å². The molecule has 9 nitrogen and oxygen atoms in total. The van der Waals surface area contributed by atoms with Crippen LogP contribution in [0, 0.1) is 0 Å². The second-order valence-electron chi connectivity index (χ2n) is 6.47. The number of nitrogens with one attached hydrogen (secondary N) is 1. The first-order chi connectivity index (χ1) is 15.5. The predicted molar refractivity (Wildman–Crippen MR) is 122 cm³/mol. The second kappa shape index (κ2) is 11.1. The summed E-state index contributed by atoms with van der Waals surface area (Å²) < 4.78 is 11.8. The lowest BCUT2D eigenvalue weighted by Gasteiger charge is -2.07. The van der Waals surface area contributed by atoms with E-state index in [0.29, 0.717) is 17.3 Å². The number of carbonyl (C=O) groups excluding carboxylic acids is 2. The molecule has 0 saturated carbocycles. The number of hydrogen-bond acceptors (Lipinski definition) is 8. The topological polar surface area (TPSA) is 108 Å². The number of esters is 1. The van der Waals surface area contributed by atoms with Crippen LogP contribution in [0.2, 0.25) is 0 Å². The van der Waals surface area contributed by atoms with Crippen molar-refractivity contribution in [2.75, 3.05) is 20.0 Å². The van der Waals surface area contributed by atoms with E-state index in [1.807, 2.05) is 35.8 Å². The summed E-state index contributed by atoms with van der Waals surface area (Å²) in [6.45, 7) is 2.66. The van der Waals surface area contributed by atoms with E-state index < -0.39 is 5.97 Å². The molecule has 0 unspecified atom stereocenters. The van der Waals surface area contributed by atoms with Crippen molar-refractivity contribution in [2.45, 2.75) is 18.6 Å². The zero-order valence-corrected chi connectivity index (χ0v) is 18.8. The van der Waals surface area contributed by atoms with Crippen molar-refractivity contribution in [1.29, 1.82) is 0 Å². The van der Waals surface area contributed by atoms with Crippen LogP contribution in [0.15, 0.2) is 58.8 Å². The third-order valence-corrected chi connectivity index (χ3v) is 5.42. The molecular weight excluding hydrogens is 430 g/mol. The molecule has 1 heterocycles. The van der Waals surface area contributed by atoms with E-state index in [1.54, 1.807) is 31.4 Å². The summed E-state index contributed by atoms with van der Waals surface area (Å²) in [5.41, 5.74) is 4.58. The summed E-state index contributed by atoms with van der Waals surface area (Å²) in [7, 11) is 2.95. The number of hydrazone groups is 1. The van der Waals surface area contributed by atoms with Gasteiger partial charge in [0.1, 0.15) is 5.75 Å². The van der Waals surface area contributed by atoms with Crippen LogP contribution in [0.1, 0.15) is 22.8 Å². The van der Waals surface area contributed by atoms with Gasteiger partial charge in [-0.1, -0.05) is 23.9 Å². The number of amides is 1. The van der Waals surface area contributed by atoms with Gasteiger partial charge < -0.3 is 14.0 Å². The Kier molecular flexibility index (Phi) is 7.98. The van der Waals surface area contributed by atoms with Gasteiger partial charge in [-0.3, -0.25) is 4.79 Å². The van der Waals surface area contributed by atoms with E-state index >= 15 is 0 Å². The Morgan fingerprint density at radius 3 is 2.44 bits per heavy atom. The van der Waals surface area contributed by atoms with Gasteiger partial charge in [-0.05, 0) is 48.9 Å². The number of benzene rings is 2. The lowest BCUT2D eigenvalue weighted by Crippen LogP contribution is -2.20. The molecule has 0 fully saturated rings. The highest BCUT2D eigenvalue weighted by atomic mass is 32.2. The minimum absolute atomic E-state index is 0.138. The maximum atomic E-state index is 12.2. The van der Waals surface area contributed by atoms with Crippen molar-refractivity contribution in [2.24, 2.45) is 5.10 Å². The van der Waals surface area contributed by atoms with Crippen molar-refractivity contribution >= 4 is 29.9 Å². The van der Waals surface area contributed by atoms with Gasteiger partial charge in [-0.25, -0.2) is 10.2 Å². The lowest BCUT2D eigenvalue weighted by atomic mass is 10.1. The molecule has 3 aromatic rings. The van der Waals surface area contributed by atoms with E-state index in [-0.39, 0.29) is 11.7 Å². The summed E-state index contributed by atoms with van der Waals surface area (Å²) >= 11 is 1.28. The van der Waals surface area contributed by atoms with Crippen molar-refractivity contribution < 1.29 is 19.1 Å². The fraction of sp³-hybridized carbons (Fsp3) is 0.227. The maximum Gasteiger partial charge on any atom is 0.337 e. The van der Waals surface area contributed by atoms with Crippen LogP contribution in [-0.4, -0.2) is 52.8 Å². The fourth-order valence-electron chi connectivity index (χ4n) is 2.80. The number of methoxy groups -OCH3 is 2. The van der Waals surface area contributed by atoms with E-state index in [1.165, 1.54) is 25.1 Å². The van der Waals surface area contributed by atoms with E-state index in [4.69, 9.17) is 4.74 Å². The van der Waals surface area contributed by atoms with Crippen LogP contribution >= 0.6 is 11.8 Å². The van der Waals surface area contributed by atoms with Crippen molar-refractivity contribution in [3.05, 3.63) is 59.7 Å². The average molecular weight is 454 g/mol. The standard InChI is InChI=1S/C22H23N5O4S/c1-4-27-20(16-9-11-18(30-2)12-10-16)25-26-22(27)32-14-19(28)24-23-13-15-5-7-17(8-6-15)21(29)31-3/h5-13H,4,14H2,1-3H3,(H,24,28)/b23-13-. The summed E-state index contributed by atoms with van der Waals surface area (Å²) in [5.74, 6) is 0.955. The minimum atomic E-state index is -0.408. The average Bonchev–Trinajstić information content (AvgIpc) is 3.25. The molecule has 0 spiro atoms. The van der Waals surface area contributed by atoms with Crippen LogP contribution in [0.25, 0.3) is 11.4 Å². The molecule has 0 saturated heterocycles. The first-order valence-corrected chi connectivity index (χ1v) is 10.7. The number of nitrogens with zero attached hydrogens (tertiary/aromatic N) is 4. The number of rotatable bonds is 9. The first kappa shape index (κ1) is 23.0. The van der Waals surface area contributed by atoms with Crippen molar-refractivity contribution in [3.63, 3.8) is 0 Å². The van der Waals surface area contributed by atoms with Crippen LogP contribution in [0.3, 0.4) is 0 Å². The Bertz CT molecular complexity index is 1090. The number of carbonyl (C=O) groups is 2. The summed E-state index contributed by atoms with van der Waals surface area (Å²) in [5, 5.41) is 13.1. The van der Waals surface area contributed by atoms with Crippen molar-refractivity contribution in [1.82, 2.24) is 20.2 Å². The van der Waals surface area contributed by atoms with Gasteiger partial charge in [0.15, 0.2) is 11.0 Å². The molecule has 0 aliphatic rings. The minimum Gasteiger partial charge on any atom is -0.497 e. The van der Waals surface area contributed by atoms with Gasteiger partial charge in [-0.15, -0.1) is 10.2 Å². The third-order valence-electron chi connectivity index (χ3n) is 4.45. The molecule has 0 bridgehead atoms. The number of ether oxygens (including phenoxy) is 2. The van der Waals surface area contributed by atoms with Crippen LogP contribution in [0.4, 0.5) is 0 Å². The molecular formula is C22H23N5O4S. The molecule has 1 N–H and O–H groups in total. The van der Waals surface area contributed by atoms with Gasteiger partial charge in [-0.2, -0.15) is 5.10 Å². The highest BCUT2D eigenvalue weighted by molar-refractivity contribution is 7.99. The monoisotopic (exact) mass is 453 g/mol. The van der Waals surface area contributed by atoms with E-state index in [0.717, 1.165) is 22.7 Å². The Morgan fingerprint density at radius 1 is 1.09 bits per heavy atom. The van der Waals surface area contributed by atoms with Crippen LogP contribution < -0.4 is 10.2 Å². The molecule has 3 rings (SSSR count). The molecule has 0 aliphatic heterocycles. The third kappa shape index (κ3) is 5.73. The SMILES string of the molecule is CCn1c(SCC(=O)N/N=C\c2ccc(C(=O)OC)cc2)nnc1-c1ccc(OC)cc1. The number of thioether (sulfide) groups is 1. The number of hydrogen-bond donors (Lipinski definition) is 1.